The first-order valence-electron chi connectivity index (χ1n) is 12.3. The summed E-state index contributed by atoms with van der Waals surface area (Å²) in [5, 5.41) is 0.0246. The molecule has 2 amide bonds. The predicted molar refractivity (Wildman–Crippen MR) is 154 cm³/mol. The van der Waals surface area contributed by atoms with Crippen LogP contribution in [0.3, 0.4) is 0 Å². The van der Waals surface area contributed by atoms with E-state index in [0.29, 0.717) is 11.5 Å². The van der Waals surface area contributed by atoms with Gasteiger partial charge in [0.05, 0.1) is 11.5 Å². The number of hydrogen-bond donors (Lipinski definition) is 0. The third-order valence-corrected chi connectivity index (χ3v) is 9.17. The Hall–Kier alpha value is -3.48. The number of carbonyl (C=O) groups is 2. The van der Waals surface area contributed by atoms with Crippen molar-refractivity contribution in [2.24, 2.45) is 0 Å². The monoisotopic (exact) mass is 522 g/mol. The predicted octanol–water partition coefficient (Wildman–Crippen LogP) is 6.83. The number of rotatable bonds is 6. The highest BCUT2D eigenvalue weighted by Crippen LogP contribution is 2.43. The Morgan fingerprint density at radius 3 is 1.30 bits per heavy atom. The second-order valence-corrected chi connectivity index (χ2v) is 11.3. The smallest absolute Gasteiger partial charge is 0.238 e. The normalized spacial score (nSPS) is 19.6. The lowest BCUT2D eigenvalue weighted by Crippen LogP contribution is -2.27. The van der Waals surface area contributed by atoms with Crippen LogP contribution < -0.4 is 9.80 Å². The molecule has 2 aliphatic heterocycles. The molecule has 2 heterocycles. The van der Waals surface area contributed by atoms with Crippen molar-refractivity contribution in [3.05, 3.63) is 131 Å². The summed E-state index contributed by atoms with van der Waals surface area (Å²) in [6.45, 7) is 0. The number of anilines is 2. The molecule has 0 radical (unpaired) electrons. The lowest BCUT2D eigenvalue weighted by molar-refractivity contribution is -0.116. The van der Waals surface area contributed by atoms with Crippen LogP contribution in [0.25, 0.3) is 0 Å². The molecular weight excluding hydrogens is 496 g/mol. The molecule has 2 saturated heterocycles. The van der Waals surface area contributed by atoms with Crippen molar-refractivity contribution in [1.82, 2.24) is 0 Å². The third kappa shape index (κ3) is 4.91. The molecule has 2 unspecified atom stereocenters. The van der Waals surface area contributed by atoms with Gasteiger partial charge in [-0.1, -0.05) is 84.9 Å². The van der Waals surface area contributed by atoms with Crippen LogP contribution in [-0.2, 0) is 16.0 Å². The fourth-order valence-electron chi connectivity index (χ4n) is 4.92. The molecular formula is C31H26N2O2S2. The van der Waals surface area contributed by atoms with Crippen molar-refractivity contribution in [3.8, 4) is 0 Å². The molecule has 4 aromatic rings. The zero-order valence-corrected chi connectivity index (χ0v) is 21.8. The van der Waals surface area contributed by atoms with Gasteiger partial charge in [0.1, 0.15) is 10.7 Å². The fourth-order valence-corrected chi connectivity index (χ4v) is 7.27. The largest absolute Gasteiger partial charge is 0.295 e. The Balaban J connectivity index is 1.16. The topological polar surface area (TPSA) is 40.6 Å². The van der Waals surface area contributed by atoms with Crippen molar-refractivity contribution in [1.29, 1.82) is 0 Å². The fraction of sp³-hybridized carbons (Fsp3) is 0.161. The van der Waals surface area contributed by atoms with Gasteiger partial charge in [-0.15, -0.1) is 23.5 Å². The van der Waals surface area contributed by atoms with E-state index in [0.717, 1.165) is 28.9 Å². The highest BCUT2D eigenvalue weighted by atomic mass is 32.2. The second kappa shape index (κ2) is 10.5. The highest BCUT2D eigenvalue weighted by Gasteiger charge is 2.35. The molecule has 0 bridgehead atoms. The molecule has 2 atom stereocenters. The summed E-state index contributed by atoms with van der Waals surface area (Å²) >= 11 is 3.34. The molecule has 6 heteroatoms. The number of benzene rings is 4. The number of hydrogen-bond acceptors (Lipinski definition) is 4. The lowest BCUT2D eigenvalue weighted by atomic mass is 10.0. The highest BCUT2D eigenvalue weighted by molar-refractivity contribution is 8.01. The zero-order valence-electron chi connectivity index (χ0n) is 20.2. The van der Waals surface area contributed by atoms with Gasteiger partial charge in [-0.3, -0.25) is 19.4 Å². The van der Waals surface area contributed by atoms with Crippen LogP contribution in [0, 0.1) is 0 Å². The molecule has 37 heavy (non-hydrogen) atoms. The van der Waals surface area contributed by atoms with Gasteiger partial charge in [-0.2, -0.15) is 0 Å². The van der Waals surface area contributed by atoms with E-state index in [1.807, 2.05) is 70.5 Å². The number of carbonyl (C=O) groups excluding carboxylic acids is 2. The summed E-state index contributed by atoms with van der Waals surface area (Å²) in [7, 11) is 0. The second-order valence-electron chi connectivity index (χ2n) is 9.19. The van der Waals surface area contributed by atoms with E-state index in [9.17, 15) is 9.59 Å². The van der Waals surface area contributed by atoms with E-state index in [1.165, 1.54) is 11.1 Å². The molecule has 2 aliphatic rings. The molecule has 0 spiro atoms. The standard InChI is InChI=1S/C31H26N2O2S2/c34-28-20-36-30(24-7-3-1-4-8-24)32(28)26-15-11-22(12-16-26)19-23-13-17-27(18-14-23)33-29(35)21-37-31(33)25-9-5-2-6-10-25/h1-18,30-31H,19-21H2. The molecule has 4 nitrogen and oxygen atoms in total. The molecule has 0 aromatic heterocycles. The molecule has 2 fully saturated rings. The summed E-state index contributed by atoms with van der Waals surface area (Å²) < 4.78 is 0. The quantitative estimate of drug-likeness (QED) is 0.278. The van der Waals surface area contributed by atoms with Crippen LogP contribution in [0.15, 0.2) is 109 Å². The van der Waals surface area contributed by atoms with Gasteiger partial charge in [0.2, 0.25) is 11.8 Å². The number of amides is 2. The van der Waals surface area contributed by atoms with Crippen molar-refractivity contribution >= 4 is 46.7 Å². The van der Waals surface area contributed by atoms with Crippen LogP contribution in [0.5, 0.6) is 0 Å². The number of nitrogens with zero attached hydrogens (tertiary/aromatic N) is 2. The third-order valence-electron chi connectivity index (χ3n) is 6.74. The molecule has 184 valence electrons. The van der Waals surface area contributed by atoms with Crippen LogP contribution in [0.2, 0.25) is 0 Å². The Labute approximate surface area is 225 Å². The Morgan fingerprint density at radius 1 is 0.541 bits per heavy atom. The minimum Gasteiger partial charge on any atom is -0.295 e. The number of thioether (sulfide) groups is 2. The first-order chi connectivity index (χ1) is 18.2. The van der Waals surface area contributed by atoms with E-state index < -0.39 is 0 Å². The van der Waals surface area contributed by atoms with E-state index in [-0.39, 0.29) is 22.6 Å². The molecule has 0 aliphatic carbocycles. The van der Waals surface area contributed by atoms with Crippen molar-refractivity contribution in [2.75, 3.05) is 21.3 Å². The molecule has 6 rings (SSSR count). The van der Waals surface area contributed by atoms with E-state index in [2.05, 4.69) is 48.5 Å². The maximum absolute atomic E-state index is 12.7. The SMILES string of the molecule is O=C1CSC(c2ccccc2)N1c1ccc(Cc2ccc(N3C(=O)CSC3c3ccccc3)cc2)cc1. The summed E-state index contributed by atoms with van der Waals surface area (Å²) in [6, 6.07) is 37.0. The average molecular weight is 523 g/mol. The van der Waals surface area contributed by atoms with Crippen LogP contribution in [-0.4, -0.2) is 23.3 Å². The molecule has 4 aromatic carbocycles. The van der Waals surface area contributed by atoms with Crippen molar-refractivity contribution < 1.29 is 9.59 Å². The summed E-state index contributed by atoms with van der Waals surface area (Å²) in [6.07, 6.45) is 0.788. The summed E-state index contributed by atoms with van der Waals surface area (Å²) in [5.74, 6) is 1.28. The maximum Gasteiger partial charge on any atom is 0.238 e. The summed E-state index contributed by atoms with van der Waals surface area (Å²) in [4.78, 5) is 29.2. The van der Waals surface area contributed by atoms with Gasteiger partial charge < -0.3 is 0 Å². The maximum atomic E-state index is 12.7. The van der Waals surface area contributed by atoms with Gasteiger partial charge in [-0.05, 0) is 52.9 Å². The Morgan fingerprint density at radius 2 is 0.919 bits per heavy atom. The Kier molecular flexibility index (Phi) is 6.77. The molecule has 0 saturated carbocycles. The van der Waals surface area contributed by atoms with Crippen LogP contribution in [0.4, 0.5) is 11.4 Å². The van der Waals surface area contributed by atoms with Gasteiger partial charge in [-0.25, -0.2) is 0 Å². The van der Waals surface area contributed by atoms with Crippen LogP contribution >= 0.6 is 23.5 Å². The first kappa shape index (κ1) is 23.9. The first-order valence-corrected chi connectivity index (χ1v) is 14.4. The minimum atomic E-state index is 0.0123. The van der Waals surface area contributed by atoms with Crippen molar-refractivity contribution in [2.45, 2.75) is 17.2 Å². The average Bonchev–Trinajstić information content (AvgIpc) is 3.53. The summed E-state index contributed by atoms with van der Waals surface area (Å²) in [5.41, 5.74) is 6.52. The lowest BCUT2D eigenvalue weighted by Gasteiger charge is -2.25. The van der Waals surface area contributed by atoms with Crippen LogP contribution in [0.1, 0.15) is 33.0 Å². The molecule has 0 N–H and O–H groups in total. The van der Waals surface area contributed by atoms with Gasteiger partial charge in [0, 0.05) is 11.4 Å². The van der Waals surface area contributed by atoms with E-state index in [1.54, 1.807) is 23.5 Å². The Bertz CT molecular complexity index is 1280. The van der Waals surface area contributed by atoms with Gasteiger partial charge in [0.15, 0.2) is 0 Å². The van der Waals surface area contributed by atoms with E-state index in [4.69, 9.17) is 0 Å². The zero-order chi connectivity index (χ0) is 25.2. The van der Waals surface area contributed by atoms with Gasteiger partial charge in [0.25, 0.3) is 0 Å². The minimum absolute atomic E-state index is 0.0123. The van der Waals surface area contributed by atoms with E-state index >= 15 is 0 Å². The van der Waals surface area contributed by atoms with Gasteiger partial charge >= 0.3 is 0 Å². The van der Waals surface area contributed by atoms with Crippen molar-refractivity contribution in [3.63, 3.8) is 0 Å².